The summed E-state index contributed by atoms with van der Waals surface area (Å²) in [5.41, 5.74) is 3.99. The molecule has 0 unspecified atom stereocenters. The van der Waals surface area contributed by atoms with E-state index in [1.807, 2.05) is 30.5 Å². The van der Waals surface area contributed by atoms with Gasteiger partial charge in [0, 0.05) is 36.1 Å². The maximum atomic E-state index is 9.13. The Hall–Kier alpha value is -2.27. The van der Waals surface area contributed by atoms with Crippen LogP contribution in [0.25, 0.3) is 16.6 Å². The van der Waals surface area contributed by atoms with Crippen molar-refractivity contribution in [2.75, 3.05) is 6.61 Å². The molecular formula is C19H22N4O. The molecule has 2 aromatic rings. The first-order valence-corrected chi connectivity index (χ1v) is 8.62. The molecule has 1 aromatic carbocycles. The molecule has 3 N–H and O–H groups in total. The van der Waals surface area contributed by atoms with Crippen molar-refractivity contribution in [3.05, 3.63) is 42.4 Å². The van der Waals surface area contributed by atoms with Crippen molar-refractivity contribution < 1.29 is 5.11 Å². The fourth-order valence-corrected chi connectivity index (χ4v) is 3.19. The van der Waals surface area contributed by atoms with E-state index in [-0.39, 0.29) is 6.61 Å². The zero-order chi connectivity index (χ0) is 16.5. The Kier molecular flexibility index (Phi) is 4.02. The summed E-state index contributed by atoms with van der Waals surface area (Å²) < 4.78 is 0. The highest BCUT2D eigenvalue weighted by molar-refractivity contribution is 6.23. The molecule has 124 valence electrons. The van der Waals surface area contributed by atoms with Gasteiger partial charge in [0.05, 0.1) is 22.9 Å². The molecule has 0 saturated heterocycles. The van der Waals surface area contributed by atoms with E-state index in [0.29, 0.717) is 23.6 Å². The van der Waals surface area contributed by atoms with E-state index in [1.165, 1.54) is 0 Å². The van der Waals surface area contributed by atoms with E-state index in [1.54, 1.807) is 6.20 Å². The number of para-hydroxylation sites is 2. The van der Waals surface area contributed by atoms with Crippen LogP contribution in [-0.2, 0) is 0 Å². The number of rotatable bonds is 6. The predicted octanol–water partition coefficient (Wildman–Crippen LogP) is 2.76. The lowest BCUT2D eigenvalue weighted by atomic mass is 9.81. The molecule has 2 aliphatic carbocycles. The van der Waals surface area contributed by atoms with Crippen LogP contribution in [0.4, 0.5) is 0 Å². The minimum atomic E-state index is 0.267. The van der Waals surface area contributed by atoms with Crippen LogP contribution in [0.15, 0.2) is 36.7 Å². The number of fused-ring (bicyclic) bond motifs is 1. The van der Waals surface area contributed by atoms with E-state index in [0.717, 1.165) is 48.0 Å². The molecule has 0 radical (unpaired) electrons. The van der Waals surface area contributed by atoms with E-state index >= 15 is 0 Å². The molecule has 0 atom stereocenters. The minimum Gasteiger partial charge on any atom is -0.396 e. The third-order valence-corrected chi connectivity index (χ3v) is 4.96. The van der Waals surface area contributed by atoms with Gasteiger partial charge in [-0.2, -0.15) is 0 Å². The first-order valence-electron chi connectivity index (χ1n) is 8.62. The maximum Gasteiger partial charge on any atom is 0.0925 e. The second kappa shape index (κ2) is 6.32. The molecule has 5 nitrogen and oxygen atoms in total. The van der Waals surface area contributed by atoms with E-state index in [4.69, 9.17) is 15.5 Å². The zero-order valence-electron chi connectivity index (χ0n) is 13.6. The summed E-state index contributed by atoms with van der Waals surface area (Å²) in [4.78, 5) is 9.20. The fourth-order valence-electron chi connectivity index (χ4n) is 3.19. The Morgan fingerprint density at radius 1 is 1.25 bits per heavy atom. The predicted molar refractivity (Wildman–Crippen MR) is 94.7 cm³/mol. The number of aromatic nitrogens is 2. The SMILES string of the molecule is N=C(/C(=C\NC1CC(CO)C1)c1cnc2ccccc2n1)C1CC1. The molecule has 1 aromatic heterocycles. The van der Waals surface area contributed by atoms with E-state index in [2.05, 4.69) is 10.3 Å². The lowest BCUT2D eigenvalue weighted by Crippen LogP contribution is -2.40. The fraction of sp³-hybridized carbons (Fsp3) is 0.421. The van der Waals surface area contributed by atoms with Gasteiger partial charge in [-0.25, -0.2) is 4.98 Å². The Morgan fingerprint density at radius 2 is 2.00 bits per heavy atom. The highest BCUT2D eigenvalue weighted by Gasteiger charge is 2.31. The lowest BCUT2D eigenvalue weighted by Gasteiger charge is -2.34. The van der Waals surface area contributed by atoms with Crippen LogP contribution in [0.1, 0.15) is 31.4 Å². The van der Waals surface area contributed by atoms with E-state index in [9.17, 15) is 0 Å². The molecule has 0 amide bonds. The number of hydrogen-bond donors (Lipinski definition) is 3. The van der Waals surface area contributed by atoms with Gasteiger partial charge < -0.3 is 15.8 Å². The summed E-state index contributed by atoms with van der Waals surface area (Å²) in [6.07, 6.45) is 7.86. The molecule has 5 heteroatoms. The highest BCUT2D eigenvalue weighted by atomic mass is 16.3. The second-order valence-electron chi connectivity index (χ2n) is 6.87. The second-order valence-corrected chi connectivity index (χ2v) is 6.87. The number of nitrogens with zero attached hydrogens (tertiary/aromatic N) is 2. The van der Waals surface area contributed by atoms with Gasteiger partial charge in [-0.05, 0) is 43.7 Å². The van der Waals surface area contributed by atoms with Gasteiger partial charge >= 0.3 is 0 Å². The highest BCUT2D eigenvalue weighted by Crippen LogP contribution is 2.35. The average molecular weight is 322 g/mol. The van der Waals surface area contributed by atoms with Crippen LogP contribution in [0, 0.1) is 17.2 Å². The first-order chi connectivity index (χ1) is 11.7. The number of nitrogens with one attached hydrogen (secondary N) is 2. The Labute approximate surface area is 141 Å². The van der Waals surface area contributed by atoms with Gasteiger partial charge in [0.25, 0.3) is 0 Å². The van der Waals surface area contributed by atoms with Crippen molar-refractivity contribution in [1.82, 2.24) is 15.3 Å². The molecule has 0 bridgehead atoms. The number of aliphatic hydroxyl groups is 1. The smallest absolute Gasteiger partial charge is 0.0925 e. The first kappa shape index (κ1) is 15.3. The molecule has 2 fully saturated rings. The van der Waals surface area contributed by atoms with Gasteiger partial charge in [0.2, 0.25) is 0 Å². The van der Waals surface area contributed by atoms with Crippen LogP contribution in [0.2, 0.25) is 0 Å². The van der Waals surface area contributed by atoms with Gasteiger partial charge in [0.15, 0.2) is 0 Å². The van der Waals surface area contributed by atoms with Crippen molar-refractivity contribution in [3.63, 3.8) is 0 Å². The maximum absolute atomic E-state index is 9.13. The lowest BCUT2D eigenvalue weighted by molar-refractivity contribution is 0.133. The topological polar surface area (TPSA) is 81.9 Å². The number of aliphatic hydroxyl groups excluding tert-OH is 1. The molecule has 2 aliphatic rings. The third kappa shape index (κ3) is 3.04. The number of benzene rings is 1. The van der Waals surface area contributed by atoms with Gasteiger partial charge in [-0.3, -0.25) is 4.98 Å². The van der Waals surface area contributed by atoms with Crippen molar-refractivity contribution in [2.45, 2.75) is 31.7 Å². The van der Waals surface area contributed by atoms with Crippen molar-refractivity contribution in [3.8, 4) is 0 Å². The molecule has 0 spiro atoms. The molecule has 1 heterocycles. The summed E-state index contributed by atoms with van der Waals surface area (Å²) in [5.74, 6) is 0.778. The number of allylic oxidation sites excluding steroid dienone is 1. The van der Waals surface area contributed by atoms with Crippen LogP contribution >= 0.6 is 0 Å². The summed E-state index contributed by atoms with van der Waals surface area (Å²) in [5, 5.41) is 21.0. The van der Waals surface area contributed by atoms with E-state index < -0.39 is 0 Å². The molecular weight excluding hydrogens is 300 g/mol. The van der Waals surface area contributed by atoms with Crippen molar-refractivity contribution in [2.24, 2.45) is 11.8 Å². The van der Waals surface area contributed by atoms with Crippen LogP contribution < -0.4 is 5.32 Å². The monoisotopic (exact) mass is 322 g/mol. The summed E-state index contributed by atoms with van der Waals surface area (Å²) in [7, 11) is 0. The Balaban J connectivity index is 1.60. The summed E-state index contributed by atoms with van der Waals surface area (Å²) in [6.45, 7) is 0.267. The molecule has 2 saturated carbocycles. The Bertz CT molecular complexity index is 791. The third-order valence-electron chi connectivity index (χ3n) is 4.96. The normalized spacial score (nSPS) is 23.8. The minimum absolute atomic E-state index is 0.267. The molecule has 24 heavy (non-hydrogen) atoms. The van der Waals surface area contributed by atoms with Crippen LogP contribution in [0.3, 0.4) is 0 Å². The van der Waals surface area contributed by atoms with Crippen molar-refractivity contribution >= 4 is 22.3 Å². The van der Waals surface area contributed by atoms with Gasteiger partial charge in [0.1, 0.15) is 0 Å². The van der Waals surface area contributed by atoms with Crippen molar-refractivity contribution in [1.29, 1.82) is 5.41 Å². The Morgan fingerprint density at radius 3 is 2.71 bits per heavy atom. The van der Waals surface area contributed by atoms with Gasteiger partial charge in [-0.1, -0.05) is 12.1 Å². The average Bonchev–Trinajstić information content (AvgIpc) is 3.41. The summed E-state index contributed by atoms with van der Waals surface area (Å²) >= 11 is 0. The van der Waals surface area contributed by atoms with Gasteiger partial charge in [-0.15, -0.1) is 0 Å². The zero-order valence-corrected chi connectivity index (χ0v) is 13.6. The summed E-state index contributed by atoms with van der Waals surface area (Å²) in [6, 6.07) is 8.20. The quantitative estimate of drug-likeness (QED) is 0.714. The molecule has 0 aliphatic heterocycles. The van der Waals surface area contributed by atoms with Crippen LogP contribution in [0.5, 0.6) is 0 Å². The molecule has 4 rings (SSSR count). The standard InChI is InChI=1S/C19H22N4O/c20-19(13-5-6-13)15(9-21-14-7-12(8-14)11-24)18-10-22-16-3-1-2-4-17(16)23-18/h1-4,9-10,12-14,20-21,24H,5-8,11H2/b15-9-,20-19?. The number of hydrogen-bond acceptors (Lipinski definition) is 5. The van der Waals surface area contributed by atoms with Crippen LogP contribution in [-0.4, -0.2) is 33.4 Å². The largest absolute Gasteiger partial charge is 0.396 e.